The van der Waals surface area contributed by atoms with Gasteiger partial charge in [-0.3, -0.25) is 38.8 Å². The lowest BCUT2D eigenvalue weighted by Crippen LogP contribution is -2.69. The number of hydrogen-bond donors (Lipinski definition) is 5. The highest BCUT2D eigenvalue weighted by atomic mass is 16.8. The number of carbonyl (C=O) groups excluding carboxylic acids is 4. The quantitative estimate of drug-likeness (QED) is 0.0118. The molecule has 2 heterocycles. The minimum atomic E-state index is -1.01. The van der Waals surface area contributed by atoms with E-state index in [2.05, 4.69) is 45.7 Å². The number of nitrogens with one attached hydrogen (secondary N) is 3. The number of nitrogens with zero attached hydrogens (tertiary/aromatic N) is 5. The van der Waals surface area contributed by atoms with Crippen molar-refractivity contribution in [1.29, 1.82) is 0 Å². The molecule has 0 spiro atoms. The van der Waals surface area contributed by atoms with Crippen molar-refractivity contribution < 1.29 is 66.9 Å². The molecule has 6 fully saturated rings. The summed E-state index contributed by atoms with van der Waals surface area (Å²) in [5.41, 5.74) is 9.46. The van der Waals surface area contributed by atoms with Crippen LogP contribution >= 0.6 is 0 Å². The van der Waals surface area contributed by atoms with Crippen LogP contribution in [0.4, 0.5) is 11.4 Å². The Labute approximate surface area is 560 Å². The highest BCUT2D eigenvalue weighted by Crippen LogP contribution is 2.62. The van der Waals surface area contributed by atoms with Crippen molar-refractivity contribution in [2.45, 2.75) is 144 Å². The average Bonchev–Trinajstić information content (AvgIpc) is 1.46. The van der Waals surface area contributed by atoms with Gasteiger partial charge in [0.2, 0.25) is 5.91 Å². The number of nitrogens with two attached hydrogens (primary N) is 1. The summed E-state index contributed by atoms with van der Waals surface area (Å²) in [5.74, 6) is 2.44. The van der Waals surface area contributed by atoms with Crippen LogP contribution in [0.3, 0.4) is 0 Å². The minimum absolute atomic E-state index is 0.0141. The summed E-state index contributed by atoms with van der Waals surface area (Å²) in [7, 11) is 3.19. The number of hydrogen-bond acceptors (Lipinski definition) is 21. The average molecular weight is 1320 g/mol. The number of carbonyl (C=O) groups is 4. The van der Waals surface area contributed by atoms with Gasteiger partial charge in [0, 0.05) is 77.7 Å². The van der Waals surface area contributed by atoms with E-state index in [0.29, 0.717) is 152 Å². The number of allylic oxidation sites excluding steroid dienone is 1. The van der Waals surface area contributed by atoms with Gasteiger partial charge in [-0.05, 0) is 142 Å². The molecule has 0 radical (unpaired) electrons. The molecule has 8 rings (SSSR count). The number of amides is 2. The molecule has 0 aromatic heterocycles. The summed E-state index contributed by atoms with van der Waals surface area (Å²) in [5, 5.41) is 20.9. The van der Waals surface area contributed by atoms with Crippen LogP contribution < -0.4 is 31.2 Å². The number of aliphatic imine (C=N–C) groups is 1. The zero-order chi connectivity index (χ0) is 68.1. The molecule has 4 aliphatic carbocycles. The molecule has 2 aromatic carbocycles. The summed E-state index contributed by atoms with van der Waals surface area (Å²) in [6.45, 7) is 30.2. The van der Waals surface area contributed by atoms with Crippen LogP contribution in [0.15, 0.2) is 53.2 Å². The maximum atomic E-state index is 14.7. The number of esters is 2. The van der Waals surface area contributed by atoms with E-state index in [1.54, 1.807) is 20.3 Å². The topological polar surface area (TPSA) is 262 Å². The summed E-state index contributed by atoms with van der Waals surface area (Å²) in [4.78, 5) is 67.7. The number of benzene rings is 2. The predicted octanol–water partition coefficient (Wildman–Crippen LogP) is 6.81. The van der Waals surface area contributed by atoms with Gasteiger partial charge < -0.3 is 69.4 Å². The number of aliphatic hydroxyl groups excluding tert-OH is 1. The Kier molecular flexibility index (Phi) is 29.7. The molecule has 2 aromatic rings. The third-order valence-electron chi connectivity index (χ3n) is 18.0. The summed E-state index contributed by atoms with van der Waals surface area (Å²) >= 11 is 0. The van der Waals surface area contributed by atoms with Gasteiger partial charge in [0.15, 0.2) is 12.6 Å². The maximum absolute atomic E-state index is 14.7. The number of epoxide rings is 1. The zero-order valence-corrected chi connectivity index (χ0v) is 58.8. The SMILES string of the molecule is COc1cccc(OC)c1C(C=C(N)C(=O)NC1(C2OC2OC(C)(C)C)C2CC3CC(C2)CC1C3)=Nc1ccc(NCCOCCOCCNC(=O)CN2CCN(CC(=O)OCC(C)C)CCN(CC(=O)OCC(C)C)CCN(CC(O)OCC(C)C)CC2)cc1C(C)C. The second kappa shape index (κ2) is 36.8. The number of methoxy groups -OCH3 is 2. The lowest BCUT2D eigenvalue weighted by Gasteiger charge is -2.61. The van der Waals surface area contributed by atoms with E-state index in [4.69, 9.17) is 53.4 Å². The predicted molar refractivity (Wildman–Crippen MR) is 363 cm³/mol. The Hall–Kier alpha value is -5.47. The van der Waals surface area contributed by atoms with E-state index in [0.717, 1.165) is 36.9 Å². The Bertz CT molecular complexity index is 2740. The van der Waals surface area contributed by atoms with Crippen LogP contribution in [-0.4, -0.2) is 236 Å². The standard InChI is InChI=1S/C71H115N9O14/c1-47(2)44-90-63(82)41-78-23-21-77(22-24-79(42-64(83)91-45-48(3)4)26-28-80(27-25-78)43-65(84)92-46-49(5)6)40-62(81)74-20-30-89-32-31-88-29-19-73-55-17-18-58(56(38-55)50(7)8)75-59(66-60(86-12)15-14-16-61(66)87-13)39-57(72)68(85)76-71(67-69(93-67)94-70(9,10)11)53-34-51-33-52(36-53)37-54(71)35-51/h14-18,38-39,47-54,63,67,69,73,82H,19-37,40-46,72H2,1-13H3,(H,74,81)(H,76,85). The van der Waals surface area contributed by atoms with E-state index in [9.17, 15) is 24.3 Å². The Morgan fingerprint density at radius 3 is 1.73 bits per heavy atom. The van der Waals surface area contributed by atoms with Gasteiger partial charge in [0.1, 0.15) is 17.6 Å². The number of rotatable bonds is 35. The third kappa shape index (κ3) is 23.7. The Morgan fingerprint density at radius 1 is 0.702 bits per heavy atom. The highest BCUT2D eigenvalue weighted by molar-refractivity contribution is 6.16. The van der Waals surface area contributed by atoms with Gasteiger partial charge in [-0.1, -0.05) is 61.5 Å². The van der Waals surface area contributed by atoms with E-state index in [1.807, 2.05) is 102 Å². The Balaban J connectivity index is 0.916. The minimum Gasteiger partial charge on any atom is -0.496 e. The lowest BCUT2D eigenvalue weighted by atomic mass is 9.47. The first kappa shape index (κ1) is 75.9. The van der Waals surface area contributed by atoms with Gasteiger partial charge >= 0.3 is 11.9 Å². The first-order valence-electron chi connectivity index (χ1n) is 34.6. The molecule has 2 saturated heterocycles. The van der Waals surface area contributed by atoms with E-state index < -0.39 is 23.7 Å². The molecule has 3 atom stereocenters. The maximum Gasteiger partial charge on any atom is 0.320 e. The molecular formula is C71H115N9O14. The van der Waals surface area contributed by atoms with Crippen molar-refractivity contribution in [2.24, 2.45) is 52.2 Å². The molecule has 23 nitrogen and oxygen atoms in total. The number of aliphatic hydroxyl groups is 1. The van der Waals surface area contributed by atoms with E-state index in [1.165, 1.54) is 6.42 Å². The molecule has 6 aliphatic rings. The van der Waals surface area contributed by atoms with Crippen molar-refractivity contribution in [1.82, 2.24) is 30.2 Å². The molecule has 23 heteroatoms. The second-order valence-electron chi connectivity index (χ2n) is 28.9. The lowest BCUT2D eigenvalue weighted by molar-refractivity contribution is -0.148. The molecule has 2 aliphatic heterocycles. The normalized spacial score (nSPS) is 23.9. The van der Waals surface area contributed by atoms with Crippen LogP contribution in [0.5, 0.6) is 11.5 Å². The van der Waals surface area contributed by atoms with Crippen LogP contribution in [0.1, 0.15) is 125 Å². The van der Waals surface area contributed by atoms with Gasteiger partial charge in [-0.2, -0.15) is 0 Å². The Morgan fingerprint density at radius 2 is 1.22 bits per heavy atom. The molecule has 528 valence electrons. The third-order valence-corrected chi connectivity index (χ3v) is 18.0. The van der Waals surface area contributed by atoms with Crippen LogP contribution in [0, 0.1) is 41.4 Å². The summed E-state index contributed by atoms with van der Waals surface area (Å²) in [6, 6.07) is 11.5. The molecule has 94 heavy (non-hydrogen) atoms. The van der Waals surface area contributed by atoms with Gasteiger partial charge in [-0.15, -0.1) is 0 Å². The van der Waals surface area contributed by atoms with Crippen molar-refractivity contribution in [3.8, 4) is 11.5 Å². The van der Waals surface area contributed by atoms with E-state index in [-0.39, 0.29) is 97.2 Å². The number of anilines is 1. The van der Waals surface area contributed by atoms with Crippen molar-refractivity contribution in [2.75, 3.05) is 157 Å². The molecule has 6 N–H and O–H groups in total. The zero-order valence-electron chi connectivity index (χ0n) is 58.8. The monoisotopic (exact) mass is 1320 g/mol. The summed E-state index contributed by atoms with van der Waals surface area (Å²) in [6.07, 6.45) is 5.47. The van der Waals surface area contributed by atoms with Gasteiger partial charge in [-0.25, -0.2) is 4.99 Å². The van der Waals surface area contributed by atoms with E-state index >= 15 is 0 Å². The smallest absolute Gasteiger partial charge is 0.320 e. The molecule has 2 amide bonds. The molecule has 4 saturated carbocycles. The highest BCUT2D eigenvalue weighted by Gasteiger charge is 2.68. The fourth-order valence-electron chi connectivity index (χ4n) is 13.6. The first-order chi connectivity index (χ1) is 44.8. The van der Waals surface area contributed by atoms with Gasteiger partial charge in [0.25, 0.3) is 5.91 Å². The van der Waals surface area contributed by atoms with Crippen molar-refractivity contribution in [3.63, 3.8) is 0 Å². The molecular weight excluding hydrogens is 1200 g/mol. The number of β-amino-alcohol motifs (C(OH)–C–C–N with tert-alkyl or cyclic N) is 1. The van der Waals surface area contributed by atoms with Gasteiger partial charge in [0.05, 0.1) is 114 Å². The summed E-state index contributed by atoms with van der Waals surface area (Å²) < 4.78 is 53.2. The van der Waals surface area contributed by atoms with Crippen LogP contribution in [-0.2, 0) is 52.3 Å². The number of ether oxygens (including phenoxy) is 9. The van der Waals surface area contributed by atoms with Crippen molar-refractivity contribution in [3.05, 3.63) is 59.3 Å². The van der Waals surface area contributed by atoms with Crippen LogP contribution in [0.25, 0.3) is 0 Å². The molecule has 4 bridgehead atoms. The van der Waals surface area contributed by atoms with Crippen molar-refractivity contribution >= 4 is 40.8 Å². The fraction of sp³-hybridized carbons (Fsp3) is 0.732. The van der Waals surface area contributed by atoms with Crippen LogP contribution in [0.2, 0.25) is 0 Å². The largest absolute Gasteiger partial charge is 0.496 e. The molecule has 3 unspecified atom stereocenters. The fourth-order valence-corrected chi connectivity index (χ4v) is 13.6. The second-order valence-corrected chi connectivity index (χ2v) is 28.9. The first-order valence-corrected chi connectivity index (χ1v) is 34.6.